The lowest BCUT2D eigenvalue weighted by Crippen LogP contribution is -1.81. The highest BCUT2D eigenvalue weighted by Crippen LogP contribution is 2.12. The lowest BCUT2D eigenvalue weighted by Gasteiger charge is -1.95. The van der Waals surface area contributed by atoms with Gasteiger partial charge in [-0.25, -0.2) is 4.98 Å². The van der Waals surface area contributed by atoms with E-state index in [1.54, 1.807) is 0 Å². The summed E-state index contributed by atoms with van der Waals surface area (Å²) in [6.45, 7) is 2.16. The maximum absolute atomic E-state index is 4.51. The second-order valence-electron chi connectivity index (χ2n) is 3.42. The third kappa shape index (κ3) is 2.29. The molecule has 3 heteroatoms. The number of nitrogens with zero attached hydrogens (tertiary/aromatic N) is 2. The van der Waals surface area contributed by atoms with E-state index in [9.17, 15) is 0 Å². The van der Waals surface area contributed by atoms with E-state index in [2.05, 4.69) is 33.9 Å². The van der Waals surface area contributed by atoms with Crippen molar-refractivity contribution in [2.24, 2.45) is 0 Å². The Morgan fingerprint density at radius 2 is 2.40 bits per heavy atom. The molecular weight excluding hydrogens is 252 g/mol. The third-order valence-corrected chi connectivity index (χ3v) is 3.08. The van der Waals surface area contributed by atoms with Crippen molar-refractivity contribution >= 4 is 27.7 Å². The summed E-state index contributed by atoms with van der Waals surface area (Å²) in [5.41, 5.74) is 3.38. The Hall–Kier alpha value is -1.09. The monoisotopic (exact) mass is 264 g/mol. The van der Waals surface area contributed by atoms with Crippen LogP contribution in [0.1, 0.15) is 19.0 Å². The van der Waals surface area contributed by atoms with Crippen molar-refractivity contribution in [2.75, 3.05) is 5.33 Å². The van der Waals surface area contributed by atoms with Gasteiger partial charge in [0.05, 0.1) is 5.69 Å². The second-order valence-corrected chi connectivity index (χ2v) is 3.98. The number of alkyl halides is 1. The van der Waals surface area contributed by atoms with Gasteiger partial charge >= 0.3 is 0 Å². The van der Waals surface area contributed by atoms with E-state index in [0.29, 0.717) is 0 Å². The number of pyridine rings is 1. The van der Waals surface area contributed by atoms with Crippen molar-refractivity contribution in [3.05, 3.63) is 41.9 Å². The van der Waals surface area contributed by atoms with Gasteiger partial charge < -0.3 is 4.40 Å². The van der Waals surface area contributed by atoms with Crippen molar-refractivity contribution < 1.29 is 0 Å². The molecule has 0 amide bonds. The summed E-state index contributed by atoms with van der Waals surface area (Å²) in [4.78, 5) is 4.51. The van der Waals surface area contributed by atoms with Crippen LogP contribution in [0.2, 0.25) is 0 Å². The van der Waals surface area contributed by atoms with Gasteiger partial charge in [-0.2, -0.15) is 0 Å². The van der Waals surface area contributed by atoms with Gasteiger partial charge in [-0.05, 0) is 24.6 Å². The van der Waals surface area contributed by atoms with Crippen LogP contribution >= 0.6 is 15.9 Å². The van der Waals surface area contributed by atoms with Gasteiger partial charge in [-0.3, -0.25) is 0 Å². The normalized spacial score (nSPS) is 12.3. The molecular formula is C12H13BrN2. The number of halogens is 1. The van der Waals surface area contributed by atoms with Crippen molar-refractivity contribution in [3.8, 4) is 0 Å². The topological polar surface area (TPSA) is 17.3 Å². The zero-order chi connectivity index (χ0) is 10.7. The quantitative estimate of drug-likeness (QED) is 0.776. The minimum absolute atomic E-state index is 0.914. The Morgan fingerprint density at radius 1 is 1.53 bits per heavy atom. The number of hydrogen-bond acceptors (Lipinski definition) is 1. The Kier molecular flexibility index (Phi) is 3.21. The van der Waals surface area contributed by atoms with Crippen LogP contribution in [-0.4, -0.2) is 14.7 Å². The Labute approximate surface area is 97.8 Å². The minimum Gasteiger partial charge on any atom is -0.306 e. The van der Waals surface area contributed by atoms with Gasteiger partial charge in [-0.15, -0.1) is 0 Å². The van der Waals surface area contributed by atoms with Gasteiger partial charge in [0.25, 0.3) is 0 Å². The van der Waals surface area contributed by atoms with E-state index in [0.717, 1.165) is 23.1 Å². The fraction of sp³-hybridized carbons (Fsp3) is 0.250. The van der Waals surface area contributed by atoms with Gasteiger partial charge in [0, 0.05) is 17.7 Å². The lowest BCUT2D eigenvalue weighted by molar-refractivity contribution is 1.12. The smallest absolute Gasteiger partial charge is 0.137 e. The fourth-order valence-corrected chi connectivity index (χ4v) is 2.03. The largest absolute Gasteiger partial charge is 0.306 e. The van der Waals surface area contributed by atoms with E-state index in [-0.39, 0.29) is 0 Å². The highest BCUT2D eigenvalue weighted by atomic mass is 79.9. The summed E-state index contributed by atoms with van der Waals surface area (Å²) in [6.07, 6.45) is 7.26. The first-order valence-electron chi connectivity index (χ1n) is 5.02. The number of hydrogen-bond donors (Lipinski definition) is 0. The second kappa shape index (κ2) is 4.62. The van der Waals surface area contributed by atoms with E-state index < -0.39 is 0 Å². The number of fused-ring (bicyclic) bond motifs is 1. The summed E-state index contributed by atoms with van der Waals surface area (Å²) in [7, 11) is 0. The molecule has 0 aliphatic heterocycles. The predicted octanol–water partition coefficient (Wildman–Crippen LogP) is 3.52. The van der Waals surface area contributed by atoms with Crippen LogP contribution in [0, 0.1) is 0 Å². The molecule has 0 saturated heterocycles. The number of aromatic nitrogens is 2. The Morgan fingerprint density at radius 3 is 3.07 bits per heavy atom. The summed E-state index contributed by atoms with van der Waals surface area (Å²) in [5, 5.41) is 0.914. The van der Waals surface area contributed by atoms with Crippen LogP contribution in [-0.2, 0) is 0 Å². The average molecular weight is 265 g/mol. The van der Waals surface area contributed by atoms with Crippen molar-refractivity contribution in [3.63, 3.8) is 0 Å². The number of allylic oxidation sites excluding steroid dienone is 1. The Bertz CT molecular complexity index is 446. The molecule has 2 heterocycles. The van der Waals surface area contributed by atoms with Crippen LogP contribution in [0.3, 0.4) is 0 Å². The van der Waals surface area contributed by atoms with Crippen LogP contribution in [0.5, 0.6) is 0 Å². The standard InChI is InChI=1S/C12H13BrN2/c1-2-10(8-13)7-11-9-15-6-4-3-5-12(15)14-11/h3-7,9H,2,8H2,1H3/b10-7-. The van der Waals surface area contributed by atoms with Gasteiger partial charge in [0.15, 0.2) is 0 Å². The first kappa shape index (κ1) is 10.4. The molecule has 15 heavy (non-hydrogen) atoms. The zero-order valence-corrected chi connectivity index (χ0v) is 10.2. The molecule has 2 aromatic rings. The average Bonchev–Trinajstić information content (AvgIpc) is 2.68. The molecule has 2 nitrogen and oxygen atoms in total. The molecule has 0 N–H and O–H groups in total. The first-order valence-corrected chi connectivity index (χ1v) is 6.14. The molecule has 0 bridgehead atoms. The van der Waals surface area contributed by atoms with E-state index in [4.69, 9.17) is 0 Å². The molecule has 0 unspecified atom stereocenters. The molecule has 0 radical (unpaired) electrons. The predicted molar refractivity (Wildman–Crippen MR) is 67.3 cm³/mol. The van der Waals surface area contributed by atoms with Crippen LogP contribution in [0.4, 0.5) is 0 Å². The lowest BCUT2D eigenvalue weighted by atomic mass is 10.2. The fourth-order valence-electron chi connectivity index (χ4n) is 1.47. The van der Waals surface area contributed by atoms with Crippen molar-refractivity contribution in [1.82, 2.24) is 9.38 Å². The Balaban J connectivity index is 2.40. The van der Waals surface area contributed by atoms with E-state index >= 15 is 0 Å². The molecule has 0 aliphatic rings. The first-order chi connectivity index (χ1) is 7.33. The third-order valence-electron chi connectivity index (χ3n) is 2.36. The van der Waals surface area contributed by atoms with E-state index in [1.807, 2.05) is 35.0 Å². The molecule has 0 saturated carbocycles. The molecule has 0 aliphatic carbocycles. The van der Waals surface area contributed by atoms with Crippen LogP contribution < -0.4 is 0 Å². The molecule has 2 rings (SSSR count). The summed E-state index contributed by atoms with van der Waals surface area (Å²) in [5.74, 6) is 0. The molecule has 0 fully saturated rings. The minimum atomic E-state index is 0.914. The maximum atomic E-state index is 4.51. The maximum Gasteiger partial charge on any atom is 0.137 e. The van der Waals surface area contributed by atoms with Crippen molar-refractivity contribution in [1.29, 1.82) is 0 Å². The van der Waals surface area contributed by atoms with Gasteiger partial charge in [0.2, 0.25) is 0 Å². The zero-order valence-electron chi connectivity index (χ0n) is 8.65. The highest BCUT2D eigenvalue weighted by Gasteiger charge is 1.99. The van der Waals surface area contributed by atoms with Gasteiger partial charge in [-0.1, -0.05) is 34.5 Å². The van der Waals surface area contributed by atoms with Crippen molar-refractivity contribution in [2.45, 2.75) is 13.3 Å². The molecule has 0 spiro atoms. The SMILES string of the molecule is CC/C(=C/c1cn2ccccc2n1)CBr. The highest BCUT2D eigenvalue weighted by molar-refractivity contribution is 9.09. The summed E-state index contributed by atoms with van der Waals surface area (Å²) >= 11 is 3.47. The summed E-state index contributed by atoms with van der Waals surface area (Å²) in [6, 6.07) is 6.02. The summed E-state index contributed by atoms with van der Waals surface area (Å²) < 4.78 is 2.04. The molecule has 0 aromatic carbocycles. The van der Waals surface area contributed by atoms with Gasteiger partial charge in [0.1, 0.15) is 5.65 Å². The number of rotatable bonds is 3. The van der Waals surface area contributed by atoms with Crippen LogP contribution in [0.25, 0.3) is 11.7 Å². The van der Waals surface area contributed by atoms with E-state index in [1.165, 1.54) is 5.57 Å². The van der Waals surface area contributed by atoms with Crippen LogP contribution in [0.15, 0.2) is 36.2 Å². The number of imidazole rings is 1. The molecule has 2 aromatic heterocycles. The molecule has 78 valence electrons. The molecule has 0 atom stereocenters.